The summed E-state index contributed by atoms with van der Waals surface area (Å²) in [6.45, 7) is 16.2. The van der Waals surface area contributed by atoms with Gasteiger partial charge < -0.3 is 25.0 Å². The number of nitrogens with zero attached hydrogens (tertiary/aromatic N) is 4. The summed E-state index contributed by atoms with van der Waals surface area (Å²) in [5.74, 6) is 1.84. The first kappa shape index (κ1) is 24.6. The van der Waals surface area contributed by atoms with Crippen LogP contribution in [0.1, 0.15) is 20.3 Å². The fourth-order valence-electron chi connectivity index (χ4n) is 4.23. The van der Waals surface area contributed by atoms with Crippen LogP contribution in [-0.2, 0) is 4.74 Å². The molecule has 0 aliphatic carbocycles. The fraction of sp³-hybridized carbons (Fsp3) is 0.708. The maximum Gasteiger partial charge on any atom is 0.191 e. The second kappa shape index (κ2) is 13.5. The van der Waals surface area contributed by atoms with Gasteiger partial charge in [-0.05, 0) is 51.1 Å². The first-order valence-corrected chi connectivity index (χ1v) is 12.1. The number of rotatable bonds is 10. The summed E-state index contributed by atoms with van der Waals surface area (Å²) in [5.41, 5.74) is 1.28. The monoisotopic (exact) mass is 446 g/mol. The number of nitrogens with one attached hydrogen (secondary N) is 2. The van der Waals surface area contributed by atoms with Crippen molar-refractivity contribution >= 4 is 11.6 Å². The Morgan fingerprint density at radius 3 is 2.44 bits per heavy atom. The van der Waals surface area contributed by atoms with E-state index >= 15 is 0 Å². The molecule has 2 aliphatic heterocycles. The number of piperazine rings is 1. The van der Waals surface area contributed by atoms with Crippen LogP contribution in [0.3, 0.4) is 0 Å². The van der Waals surface area contributed by atoms with Gasteiger partial charge in [0.15, 0.2) is 5.96 Å². The average molecular weight is 447 g/mol. The number of hydrogen-bond acceptors (Lipinski definition) is 6. The second-order valence-electron chi connectivity index (χ2n) is 8.52. The molecular formula is C24H42N6O2. The number of anilines is 1. The van der Waals surface area contributed by atoms with Crippen molar-refractivity contribution in [3.63, 3.8) is 0 Å². The quantitative estimate of drug-likeness (QED) is 0.321. The summed E-state index contributed by atoms with van der Waals surface area (Å²) in [6, 6.07) is 8.83. The molecule has 2 heterocycles. The van der Waals surface area contributed by atoms with E-state index in [9.17, 15) is 0 Å². The van der Waals surface area contributed by atoms with Crippen molar-refractivity contribution < 1.29 is 9.47 Å². The lowest BCUT2D eigenvalue weighted by molar-refractivity contribution is 0.0220. The van der Waals surface area contributed by atoms with Crippen LogP contribution >= 0.6 is 0 Å². The van der Waals surface area contributed by atoms with Crippen LogP contribution in [0, 0.1) is 0 Å². The number of hydrogen-bond donors (Lipinski definition) is 2. The van der Waals surface area contributed by atoms with Crippen molar-refractivity contribution in [1.82, 2.24) is 20.4 Å². The Morgan fingerprint density at radius 1 is 1.06 bits per heavy atom. The summed E-state index contributed by atoms with van der Waals surface area (Å²) >= 11 is 0. The van der Waals surface area contributed by atoms with Gasteiger partial charge in [0.2, 0.25) is 0 Å². The molecular weight excluding hydrogens is 404 g/mol. The molecule has 8 heteroatoms. The molecule has 2 N–H and O–H groups in total. The van der Waals surface area contributed by atoms with Crippen LogP contribution in [0.4, 0.5) is 5.69 Å². The fourth-order valence-corrected chi connectivity index (χ4v) is 4.23. The van der Waals surface area contributed by atoms with Gasteiger partial charge in [-0.1, -0.05) is 0 Å². The van der Waals surface area contributed by atoms with E-state index in [4.69, 9.17) is 14.5 Å². The van der Waals surface area contributed by atoms with Crippen LogP contribution in [0.2, 0.25) is 0 Å². The highest BCUT2D eigenvalue weighted by molar-refractivity contribution is 5.79. The van der Waals surface area contributed by atoms with Crippen molar-refractivity contribution in [3.05, 3.63) is 24.3 Å². The summed E-state index contributed by atoms with van der Waals surface area (Å²) in [5, 5.41) is 6.89. The molecule has 0 spiro atoms. The van der Waals surface area contributed by atoms with Crippen molar-refractivity contribution in [2.45, 2.75) is 26.3 Å². The highest BCUT2D eigenvalue weighted by atomic mass is 16.5. The minimum atomic E-state index is 0.441. The highest BCUT2D eigenvalue weighted by Crippen LogP contribution is 2.20. The van der Waals surface area contributed by atoms with E-state index in [-0.39, 0.29) is 0 Å². The summed E-state index contributed by atoms with van der Waals surface area (Å²) in [4.78, 5) is 12.3. The van der Waals surface area contributed by atoms with Gasteiger partial charge in [-0.2, -0.15) is 0 Å². The zero-order valence-electron chi connectivity index (χ0n) is 20.2. The van der Waals surface area contributed by atoms with Crippen LogP contribution in [0.5, 0.6) is 5.75 Å². The Morgan fingerprint density at radius 2 is 1.78 bits per heavy atom. The number of methoxy groups -OCH3 is 1. The molecule has 0 aromatic heterocycles. The molecule has 32 heavy (non-hydrogen) atoms. The Kier molecular flexibility index (Phi) is 10.4. The second-order valence-corrected chi connectivity index (χ2v) is 8.52. The number of ether oxygens (including phenoxy) is 2. The van der Waals surface area contributed by atoms with Crippen molar-refractivity contribution in [1.29, 1.82) is 0 Å². The number of aliphatic imine (C=N–C) groups is 1. The molecule has 0 bridgehead atoms. The smallest absolute Gasteiger partial charge is 0.191 e. The maximum absolute atomic E-state index is 5.45. The minimum absolute atomic E-state index is 0.441. The molecule has 1 aromatic rings. The molecule has 8 nitrogen and oxygen atoms in total. The molecule has 2 fully saturated rings. The molecule has 0 amide bonds. The van der Waals surface area contributed by atoms with Gasteiger partial charge >= 0.3 is 0 Å². The van der Waals surface area contributed by atoms with Crippen molar-refractivity contribution in [2.24, 2.45) is 4.99 Å². The molecule has 2 saturated heterocycles. The first-order chi connectivity index (χ1) is 15.7. The van der Waals surface area contributed by atoms with E-state index in [1.54, 1.807) is 7.11 Å². The van der Waals surface area contributed by atoms with Crippen LogP contribution in [0.25, 0.3) is 0 Å². The molecule has 0 radical (unpaired) electrons. The van der Waals surface area contributed by atoms with Crippen LogP contribution in [-0.4, -0.2) is 108 Å². The highest BCUT2D eigenvalue weighted by Gasteiger charge is 2.18. The van der Waals surface area contributed by atoms with Gasteiger partial charge in [0.25, 0.3) is 0 Å². The van der Waals surface area contributed by atoms with Crippen LogP contribution in [0.15, 0.2) is 29.3 Å². The molecule has 0 saturated carbocycles. The van der Waals surface area contributed by atoms with E-state index < -0.39 is 0 Å². The predicted molar refractivity (Wildman–Crippen MR) is 132 cm³/mol. The molecule has 180 valence electrons. The Balaban J connectivity index is 1.33. The van der Waals surface area contributed by atoms with Gasteiger partial charge in [-0.3, -0.25) is 14.8 Å². The average Bonchev–Trinajstić information content (AvgIpc) is 2.86. The molecule has 2 aliphatic rings. The SMILES string of the molecule is CCNC(=NCC(C)N1CCOCC1)NCCCN1CCN(c2ccc(OC)cc2)CC1. The molecule has 1 aromatic carbocycles. The number of guanidine groups is 1. The Hall–Kier alpha value is -2.03. The van der Waals surface area contributed by atoms with Gasteiger partial charge in [-0.15, -0.1) is 0 Å². The van der Waals surface area contributed by atoms with Gasteiger partial charge in [-0.25, -0.2) is 0 Å². The standard InChI is InChI=1S/C24H42N6O2/c1-4-25-24(27-20-21(2)29-16-18-32-19-17-29)26-10-5-11-28-12-14-30(15-13-28)22-6-8-23(31-3)9-7-22/h6-9,21H,4-5,10-20H2,1-3H3,(H2,25,26,27). The normalized spacial score (nSPS) is 19.6. The largest absolute Gasteiger partial charge is 0.497 e. The van der Waals surface area contributed by atoms with Gasteiger partial charge in [0.05, 0.1) is 26.9 Å². The zero-order valence-corrected chi connectivity index (χ0v) is 20.2. The molecule has 1 unspecified atom stereocenters. The van der Waals surface area contributed by atoms with E-state index in [0.717, 1.165) is 96.8 Å². The molecule has 1 atom stereocenters. The topological polar surface area (TPSA) is 64.6 Å². The molecule has 3 rings (SSSR count). The van der Waals surface area contributed by atoms with Gasteiger partial charge in [0, 0.05) is 64.1 Å². The summed E-state index contributed by atoms with van der Waals surface area (Å²) in [6.07, 6.45) is 1.12. The van der Waals surface area contributed by atoms with Crippen LogP contribution < -0.4 is 20.3 Å². The number of morpholine rings is 1. The lowest BCUT2D eigenvalue weighted by Gasteiger charge is -2.36. The Labute approximate surface area is 193 Å². The zero-order chi connectivity index (χ0) is 22.6. The van der Waals surface area contributed by atoms with Crippen molar-refractivity contribution in [3.8, 4) is 5.75 Å². The third-order valence-corrected chi connectivity index (χ3v) is 6.28. The third-order valence-electron chi connectivity index (χ3n) is 6.28. The number of benzene rings is 1. The van der Waals surface area contributed by atoms with E-state index in [0.29, 0.717) is 6.04 Å². The van der Waals surface area contributed by atoms with E-state index in [1.165, 1.54) is 5.69 Å². The minimum Gasteiger partial charge on any atom is -0.497 e. The Bertz CT molecular complexity index is 670. The van der Waals surface area contributed by atoms with Gasteiger partial charge in [0.1, 0.15) is 5.75 Å². The lowest BCUT2D eigenvalue weighted by atomic mass is 10.2. The maximum atomic E-state index is 5.45. The van der Waals surface area contributed by atoms with Crippen molar-refractivity contribution in [2.75, 3.05) is 90.7 Å². The third kappa shape index (κ3) is 7.83. The predicted octanol–water partition coefficient (Wildman–Crippen LogP) is 1.48. The lowest BCUT2D eigenvalue weighted by Crippen LogP contribution is -2.47. The summed E-state index contributed by atoms with van der Waals surface area (Å²) in [7, 11) is 1.71. The first-order valence-electron chi connectivity index (χ1n) is 12.1. The van der Waals surface area contributed by atoms with E-state index in [2.05, 4.69) is 51.3 Å². The summed E-state index contributed by atoms with van der Waals surface area (Å²) < 4.78 is 10.7. The van der Waals surface area contributed by atoms with E-state index in [1.807, 2.05) is 12.1 Å².